The summed E-state index contributed by atoms with van der Waals surface area (Å²) in [6.45, 7) is 0. The van der Waals surface area contributed by atoms with Gasteiger partial charge in [0.05, 0.1) is 0 Å². The van der Waals surface area contributed by atoms with Crippen molar-refractivity contribution in [1.29, 1.82) is 0 Å². The third-order valence-electron chi connectivity index (χ3n) is 0. The van der Waals surface area contributed by atoms with Crippen LogP contribution < -0.4 is 0 Å². The minimum atomic E-state index is -0.363. The molecule has 26 valence electrons. The molecule has 0 heterocycles. The molecule has 0 nitrogen and oxygen atoms in total. The van der Waals surface area contributed by atoms with E-state index in [1.165, 1.54) is 0 Å². The van der Waals surface area contributed by atoms with Crippen molar-refractivity contribution in [3.63, 3.8) is 0 Å². The average molecular weight is 194 g/mol. The monoisotopic (exact) mass is 196 g/mol. The molecule has 0 N–H and O–H groups in total. The molecule has 0 aliphatic heterocycles. The fourth-order valence-electron chi connectivity index (χ4n) is 0. The van der Waals surface area contributed by atoms with E-state index in [2.05, 4.69) is 19.6 Å². The van der Waals surface area contributed by atoms with E-state index in [0.717, 1.165) is 0 Å². The molecule has 0 fully saturated rings. The van der Waals surface area contributed by atoms with Gasteiger partial charge in [0, 0.05) is 0 Å². The molecule has 0 saturated heterocycles. The van der Waals surface area contributed by atoms with Crippen LogP contribution in [0.25, 0.3) is 0 Å². The standard InChI is InChI=1S/Mo.H3P.2S/h;1H3;;. The summed E-state index contributed by atoms with van der Waals surface area (Å²) in [5, 5.41) is 0. The first-order chi connectivity index (χ1) is 1.41. The van der Waals surface area contributed by atoms with Crippen LogP contribution in [0.15, 0.2) is 0 Å². The van der Waals surface area contributed by atoms with Gasteiger partial charge in [-0.25, -0.2) is 0 Å². The first-order valence-electron chi connectivity index (χ1n) is 0.333. The summed E-state index contributed by atoms with van der Waals surface area (Å²) in [6.07, 6.45) is 0. The summed E-state index contributed by atoms with van der Waals surface area (Å²) in [4.78, 5) is 0. The van der Waals surface area contributed by atoms with Gasteiger partial charge >= 0.3 is 34.6 Å². The molecule has 0 rings (SSSR count). The molecule has 0 aromatic carbocycles. The molecule has 0 amide bonds. The molecule has 1 atom stereocenters. The molecule has 0 aromatic rings. The molecule has 0 aromatic heterocycles. The summed E-state index contributed by atoms with van der Waals surface area (Å²) in [7, 11) is 8.68. The Bertz CT molecular complexity index is 27.0. The second-order valence-electron chi connectivity index (χ2n) is 0.0680. The van der Waals surface area contributed by atoms with Crippen molar-refractivity contribution in [2.75, 3.05) is 0 Å². The van der Waals surface area contributed by atoms with Crippen LogP contribution in [0.4, 0.5) is 0 Å². The van der Waals surface area contributed by atoms with E-state index in [4.69, 9.17) is 0 Å². The maximum atomic E-state index is 4.34. The van der Waals surface area contributed by atoms with Crippen LogP contribution in [0.3, 0.4) is 0 Å². The normalized spacial score (nSPS) is 3.00. The molecular weight excluding hydrogens is 191 g/mol. The van der Waals surface area contributed by atoms with Crippen molar-refractivity contribution in [2.45, 2.75) is 0 Å². The van der Waals surface area contributed by atoms with Gasteiger partial charge in [0.1, 0.15) is 0 Å². The number of rotatable bonds is 0. The van der Waals surface area contributed by atoms with Gasteiger partial charge in [0.15, 0.2) is 0 Å². The summed E-state index contributed by atoms with van der Waals surface area (Å²) in [5.41, 5.74) is 0. The summed E-state index contributed by atoms with van der Waals surface area (Å²) < 4.78 is 0. The van der Waals surface area contributed by atoms with Gasteiger partial charge in [-0.15, -0.1) is 0 Å². The van der Waals surface area contributed by atoms with Gasteiger partial charge in [-0.2, -0.15) is 9.90 Å². The van der Waals surface area contributed by atoms with Gasteiger partial charge in [-0.1, -0.05) is 0 Å². The summed E-state index contributed by atoms with van der Waals surface area (Å²) in [6, 6.07) is 0. The zero-order valence-corrected chi connectivity index (χ0v) is 6.99. The first-order valence-corrected chi connectivity index (χ1v) is 5.92. The van der Waals surface area contributed by atoms with Gasteiger partial charge < -0.3 is 0 Å². The molecule has 1 unspecified atom stereocenters. The molecule has 4 heteroatoms. The molecule has 0 saturated carbocycles. The molecule has 4 heavy (non-hydrogen) atoms. The van der Waals surface area contributed by atoms with Crippen LogP contribution >= 0.6 is 29.5 Å². The van der Waals surface area contributed by atoms with Crippen molar-refractivity contribution in [3.05, 3.63) is 0 Å². The fraction of sp³-hybridized carbons (Fsp3) is 0. The second kappa shape index (κ2) is 8.82. The Morgan fingerprint density at radius 1 is 1.25 bits per heavy atom. The van der Waals surface area contributed by atoms with Crippen LogP contribution in [0.1, 0.15) is 0 Å². The molecular formula is H3MoPS2. The Labute approximate surface area is 44.4 Å². The van der Waals surface area contributed by atoms with E-state index in [1.807, 2.05) is 0 Å². The van der Waals surface area contributed by atoms with Crippen LogP contribution in [0, 0.1) is 0 Å². The summed E-state index contributed by atoms with van der Waals surface area (Å²) >= 11 is -0.363. The van der Waals surface area contributed by atoms with Gasteiger partial charge in [0.25, 0.3) is 0 Å². The maximum absolute atomic E-state index is 4.34. The molecule has 0 aliphatic carbocycles. The Morgan fingerprint density at radius 3 is 1.25 bits per heavy atom. The third-order valence-corrected chi connectivity index (χ3v) is 0. The Hall–Kier alpha value is 1.56. The zero-order valence-electron chi connectivity index (χ0n) is 1.93. The van der Waals surface area contributed by atoms with Crippen LogP contribution in [0.5, 0.6) is 0 Å². The van der Waals surface area contributed by atoms with Crippen molar-refractivity contribution in [2.24, 2.45) is 0 Å². The number of hydrogen-bond donors (Lipinski definition) is 0. The van der Waals surface area contributed by atoms with Gasteiger partial charge in [0.2, 0.25) is 0 Å². The predicted molar refractivity (Wildman–Crippen MR) is 26.3 cm³/mol. The molecule has 0 radical (unpaired) electrons. The zero-order chi connectivity index (χ0) is 2.71. The third kappa shape index (κ3) is 9.59. The van der Waals surface area contributed by atoms with E-state index in [0.29, 0.717) is 0 Å². The van der Waals surface area contributed by atoms with E-state index in [-0.39, 0.29) is 24.8 Å². The van der Waals surface area contributed by atoms with Crippen molar-refractivity contribution >= 4 is 29.5 Å². The first kappa shape index (κ1) is 9.12. The second-order valence-corrected chi connectivity index (χ2v) is 3.62. The van der Waals surface area contributed by atoms with E-state index < -0.39 is 0 Å². The van der Waals surface area contributed by atoms with E-state index >= 15 is 0 Å². The van der Waals surface area contributed by atoms with E-state index in [1.54, 1.807) is 0 Å². The van der Waals surface area contributed by atoms with Crippen LogP contribution in [-0.2, 0) is 14.9 Å². The number of hydrogen-bond acceptors (Lipinski definition) is 2. The topological polar surface area (TPSA) is 0 Å². The SMILES string of the molecule is P.[S]=[Mo]=[S]. The van der Waals surface area contributed by atoms with Gasteiger partial charge in [-0.05, 0) is 0 Å². The average Bonchev–Trinajstić information content (AvgIpc) is 0.918. The van der Waals surface area contributed by atoms with Crippen molar-refractivity contribution in [3.8, 4) is 0 Å². The Morgan fingerprint density at radius 2 is 1.25 bits per heavy atom. The Kier molecular flexibility index (Phi) is 20.1. The molecule has 0 aliphatic rings. The van der Waals surface area contributed by atoms with Gasteiger partial charge in [-0.3, -0.25) is 0 Å². The summed E-state index contributed by atoms with van der Waals surface area (Å²) in [5.74, 6) is 0. The Balaban J connectivity index is 0. The quantitative estimate of drug-likeness (QED) is 0.421. The van der Waals surface area contributed by atoms with E-state index in [9.17, 15) is 0 Å². The van der Waals surface area contributed by atoms with Crippen molar-refractivity contribution < 1.29 is 14.9 Å². The van der Waals surface area contributed by atoms with Crippen molar-refractivity contribution in [1.82, 2.24) is 0 Å². The molecule has 0 bridgehead atoms. The predicted octanol–water partition coefficient (Wildman–Crippen LogP) is 1.35. The van der Waals surface area contributed by atoms with Crippen LogP contribution in [0.2, 0.25) is 0 Å². The minimum absolute atomic E-state index is 0. The van der Waals surface area contributed by atoms with Crippen LogP contribution in [-0.4, -0.2) is 0 Å². The fourth-order valence-corrected chi connectivity index (χ4v) is 0. The molecule has 0 spiro atoms.